The minimum absolute atomic E-state index is 0.287. The van der Waals surface area contributed by atoms with E-state index < -0.39 is 10.8 Å². The quantitative estimate of drug-likeness (QED) is 0.320. The van der Waals surface area contributed by atoms with Crippen LogP contribution in [0.25, 0.3) is 0 Å². The van der Waals surface area contributed by atoms with Gasteiger partial charge in [0.1, 0.15) is 6.10 Å². The van der Waals surface area contributed by atoms with Crippen LogP contribution in [0.5, 0.6) is 0 Å². The Hall–Kier alpha value is -1.01. The van der Waals surface area contributed by atoms with E-state index in [0.717, 1.165) is 0 Å². The number of nitriles is 1. The lowest BCUT2D eigenvalue weighted by Crippen LogP contribution is -2.49. The van der Waals surface area contributed by atoms with Gasteiger partial charge >= 0.3 is 5.97 Å². The Morgan fingerprint density at radius 1 is 1.83 bits per heavy atom. The second kappa shape index (κ2) is 2.24. The first-order chi connectivity index (χ1) is 5.65. The lowest BCUT2D eigenvalue weighted by atomic mass is 9.82. The van der Waals surface area contributed by atoms with E-state index in [0.29, 0.717) is 6.42 Å². The Morgan fingerprint density at radius 2 is 2.58 bits per heavy atom. The van der Waals surface area contributed by atoms with Crippen LogP contribution in [0.15, 0.2) is 12.2 Å². The number of carbonyl (C=O) groups excluding carboxylic acids is 1. The summed E-state index contributed by atoms with van der Waals surface area (Å²) in [7, 11) is 0. The first-order valence-electron chi connectivity index (χ1n) is 3.65. The van der Waals surface area contributed by atoms with Crippen molar-refractivity contribution in [3.8, 4) is 6.07 Å². The zero-order valence-electron chi connectivity index (χ0n) is 6.16. The second-order valence-corrected chi connectivity index (χ2v) is 3.71. The molecule has 0 aromatic heterocycles. The highest BCUT2D eigenvalue weighted by molar-refractivity contribution is 6.36. The molecule has 0 unspecified atom stereocenters. The smallest absolute Gasteiger partial charge is 0.331 e. The Labute approximate surface area is 74.6 Å². The zero-order chi connectivity index (χ0) is 8.77. The number of ether oxygens (including phenoxy) is 1. The molecule has 1 saturated heterocycles. The fourth-order valence-corrected chi connectivity index (χ4v) is 1.78. The van der Waals surface area contributed by atoms with Crippen molar-refractivity contribution in [2.24, 2.45) is 5.92 Å². The molecular weight excluding hydrogens is 178 g/mol. The number of esters is 1. The minimum Gasteiger partial charge on any atom is -0.455 e. The van der Waals surface area contributed by atoms with Gasteiger partial charge in [0.15, 0.2) is 4.87 Å². The maximum atomic E-state index is 11.1. The average Bonchev–Trinajstić information content (AvgIpc) is 2.07. The lowest BCUT2D eigenvalue weighted by molar-refractivity contribution is -0.157. The fourth-order valence-electron chi connectivity index (χ4n) is 1.50. The molecule has 2 heterocycles. The van der Waals surface area contributed by atoms with Crippen LogP contribution in [0.3, 0.4) is 0 Å². The highest BCUT2D eigenvalue weighted by atomic mass is 35.5. The summed E-state index contributed by atoms with van der Waals surface area (Å²) >= 11 is 5.91. The Balaban J connectivity index is 2.38. The summed E-state index contributed by atoms with van der Waals surface area (Å²) in [6.07, 6.45) is 3.29. The molecule has 3 atom stereocenters. The van der Waals surface area contributed by atoms with Gasteiger partial charge < -0.3 is 4.74 Å². The number of hydrogen-bond donors (Lipinski definition) is 0. The molecule has 0 aromatic rings. The van der Waals surface area contributed by atoms with Crippen molar-refractivity contribution >= 4 is 17.6 Å². The lowest BCUT2D eigenvalue weighted by Gasteiger charge is -2.38. The van der Waals surface area contributed by atoms with Crippen molar-refractivity contribution in [2.45, 2.75) is 17.4 Å². The van der Waals surface area contributed by atoms with Gasteiger partial charge in [-0.05, 0) is 6.08 Å². The van der Waals surface area contributed by atoms with Crippen LogP contribution in [0.1, 0.15) is 6.42 Å². The van der Waals surface area contributed by atoms with Crippen LogP contribution < -0.4 is 0 Å². The fraction of sp³-hybridized carbons (Fsp3) is 0.500. The van der Waals surface area contributed by atoms with Crippen LogP contribution in [-0.2, 0) is 9.53 Å². The number of hydrogen-bond acceptors (Lipinski definition) is 3. The molecule has 0 radical (unpaired) electrons. The van der Waals surface area contributed by atoms with Gasteiger partial charge in [-0.2, -0.15) is 5.26 Å². The third-order valence-corrected chi connectivity index (χ3v) is 2.65. The normalized spacial score (nSPS) is 43.8. The summed E-state index contributed by atoms with van der Waals surface area (Å²) in [5.74, 6) is -0.714. The van der Waals surface area contributed by atoms with Crippen LogP contribution in [0.2, 0.25) is 0 Å². The van der Waals surface area contributed by atoms with Crippen LogP contribution in [-0.4, -0.2) is 16.9 Å². The van der Waals surface area contributed by atoms with Crippen molar-refractivity contribution in [2.75, 3.05) is 0 Å². The van der Waals surface area contributed by atoms with E-state index in [-0.39, 0.29) is 12.0 Å². The summed E-state index contributed by atoms with van der Waals surface area (Å²) in [5.41, 5.74) is 0. The van der Waals surface area contributed by atoms with Gasteiger partial charge in [-0.1, -0.05) is 6.08 Å². The first-order valence-corrected chi connectivity index (χ1v) is 4.02. The predicted molar refractivity (Wildman–Crippen MR) is 41.3 cm³/mol. The molecule has 2 bridgehead atoms. The predicted octanol–water partition coefficient (Wildman–Crippen LogP) is 0.989. The molecule has 0 N–H and O–H groups in total. The van der Waals surface area contributed by atoms with E-state index in [4.69, 9.17) is 21.6 Å². The molecule has 3 aliphatic rings. The van der Waals surface area contributed by atoms with Gasteiger partial charge in [0.05, 0.1) is 12.0 Å². The van der Waals surface area contributed by atoms with Gasteiger partial charge in [0.25, 0.3) is 0 Å². The Morgan fingerprint density at radius 3 is 3.08 bits per heavy atom. The molecule has 3 rings (SSSR count). The molecule has 0 amide bonds. The number of nitrogens with zero attached hydrogens (tertiary/aromatic N) is 1. The van der Waals surface area contributed by atoms with Gasteiger partial charge in [-0.15, -0.1) is 11.6 Å². The molecule has 0 saturated carbocycles. The van der Waals surface area contributed by atoms with E-state index in [1.807, 2.05) is 0 Å². The highest BCUT2D eigenvalue weighted by Gasteiger charge is 2.49. The number of alkyl halides is 1. The van der Waals surface area contributed by atoms with Gasteiger partial charge in [0, 0.05) is 6.42 Å². The summed E-state index contributed by atoms with van der Waals surface area (Å²) in [6.45, 7) is 0. The standard InChI is InChI=1S/C8H6ClNO2/c9-8-2-1-6(12-7(8)11)5(3-8)4-10/h1-2,5-6H,3H2/t5-,6-,8-/m1/s1. The molecule has 3 nitrogen and oxygen atoms in total. The SMILES string of the molecule is N#C[C@H]1C[C@]2(Cl)C=C[C@H]1OC2=O. The molecule has 62 valence electrons. The monoisotopic (exact) mass is 183 g/mol. The van der Waals surface area contributed by atoms with Crippen molar-refractivity contribution in [1.29, 1.82) is 5.26 Å². The van der Waals surface area contributed by atoms with Crippen molar-refractivity contribution < 1.29 is 9.53 Å². The molecule has 12 heavy (non-hydrogen) atoms. The van der Waals surface area contributed by atoms with E-state index in [9.17, 15) is 4.79 Å². The van der Waals surface area contributed by atoms with Crippen LogP contribution in [0.4, 0.5) is 0 Å². The molecule has 0 spiro atoms. The van der Waals surface area contributed by atoms with E-state index >= 15 is 0 Å². The summed E-state index contributed by atoms with van der Waals surface area (Å²) < 4.78 is 4.91. The van der Waals surface area contributed by atoms with Gasteiger partial charge in [-0.3, -0.25) is 0 Å². The van der Waals surface area contributed by atoms with Crippen LogP contribution in [0, 0.1) is 17.2 Å². The number of rotatable bonds is 0. The number of fused-ring (bicyclic) bond motifs is 2. The molecule has 4 heteroatoms. The summed E-state index contributed by atoms with van der Waals surface area (Å²) in [4.78, 5) is 10.0. The Bertz CT molecular complexity index is 307. The maximum absolute atomic E-state index is 11.1. The summed E-state index contributed by atoms with van der Waals surface area (Å²) in [6, 6.07) is 2.07. The van der Waals surface area contributed by atoms with E-state index in [2.05, 4.69) is 6.07 Å². The molecule has 1 fully saturated rings. The average molecular weight is 184 g/mol. The second-order valence-electron chi connectivity index (χ2n) is 3.03. The maximum Gasteiger partial charge on any atom is 0.331 e. The summed E-state index contributed by atoms with van der Waals surface area (Å²) in [5, 5.41) is 8.68. The molecular formula is C8H6ClNO2. The minimum atomic E-state index is -1.07. The van der Waals surface area contributed by atoms with Crippen molar-refractivity contribution in [3.63, 3.8) is 0 Å². The zero-order valence-corrected chi connectivity index (χ0v) is 6.91. The van der Waals surface area contributed by atoms with Gasteiger partial charge in [0.2, 0.25) is 0 Å². The highest BCUT2D eigenvalue weighted by Crippen LogP contribution is 2.40. The molecule has 2 aliphatic heterocycles. The Kier molecular flexibility index (Phi) is 1.42. The third kappa shape index (κ3) is 0.850. The number of halogens is 1. The van der Waals surface area contributed by atoms with Crippen molar-refractivity contribution in [3.05, 3.63) is 12.2 Å². The van der Waals surface area contributed by atoms with Gasteiger partial charge in [-0.25, -0.2) is 4.79 Å². The number of carbonyl (C=O) groups is 1. The van der Waals surface area contributed by atoms with E-state index in [1.54, 1.807) is 12.2 Å². The third-order valence-electron chi connectivity index (χ3n) is 2.21. The topological polar surface area (TPSA) is 50.1 Å². The van der Waals surface area contributed by atoms with E-state index in [1.165, 1.54) is 0 Å². The van der Waals surface area contributed by atoms with Crippen LogP contribution >= 0.6 is 11.6 Å². The largest absolute Gasteiger partial charge is 0.455 e. The first kappa shape index (κ1) is 7.63. The van der Waals surface area contributed by atoms with Crippen molar-refractivity contribution in [1.82, 2.24) is 0 Å². The molecule has 1 aliphatic carbocycles. The molecule has 0 aromatic carbocycles.